The lowest BCUT2D eigenvalue weighted by molar-refractivity contribution is -0.124. The van der Waals surface area contributed by atoms with Crippen molar-refractivity contribution in [3.63, 3.8) is 0 Å². The van der Waals surface area contributed by atoms with E-state index in [1.54, 1.807) is 30.3 Å². The highest BCUT2D eigenvalue weighted by Crippen LogP contribution is 2.37. The molecule has 0 saturated carbocycles. The number of aliphatic imine (C=N–C) groups is 1. The van der Waals surface area contributed by atoms with Gasteiger partial charge < -0.3 is 19.9 Å². The third kappa shape index (κ3) is 6.83. The molecule has 8 nitrogen and oxygen atoms in total. The fourth-order valence-electron chi connectivity index (χ4n) is 5.20. The smallest absolute Gasteiger partial charge is 0.379 e. The van der Waals surface area contributed by atoms with E-state index in [1.165, 1.54) is 6.07 Å². The molecule has 3 aliphatic heterocycles. The molecule has 2 saturated heterocycles. The molecular formula is C29H31F4N5O3. The van der Waals surface area contributed by atoms with Crippen molar-refractivity contribution in [3.8, 4) is 11.1 Å². The van der Waals surface area contributed by atoms with Crippen molar-refractivity contribution in [1.29, 1.82) is 0 Å². The number of carbonyl (C=O) groups is 2. The molecule has 5 rings (SSSR count). The molecule has 1 unspecified atom stereocenters. The highest BCUT2D eigenvalue weighted by Gasteiger charge is 2.43. The first-order chi connectivity index (χ1) is 19.6. The van der Waals surface area contributed by atoms with Crippen molar-refractivity contribution in [2.45, 2.75) is 12.7 Å². The average Bonchev–Trinajstić information content (AvgIpc) is 2.94. The van der Waals surface area contributed by atoms with Crippen molar-refractivity contribution in [1.82, 2.24) is 9.80 Å². The van der Waals surface area contributed by atoms with E-state index in [4.69, 9.17) is 4.74 Å². The second-order valence-electron chi connectivity index (χ2n) is 10.4. The minimum absolute atomic E-state index is 0.252. The van der Waals surface area contributed by atoms with Gasteiger partial charge in [0.2, 0.25) is 5.91 Å². The molecule has 3 aliphatic rings. The SMILES string of the molecule is CN1CCN(c2ccc(-c3cc(CN4CCOCC4)ccc3F)cc2NC(=O)C2C=NC(=O)C=C2C(F)(F)F)CC1. The topological polar surface area (TPSA) is 77.5 Å². The second-order valence-corrected chi connectivity index (χ2v) is 10.4. The second kappa shape index (κ2) is 12.1. The van der Waals surface area contributed by atoms with Crippen molar-refractivity contribution >= 4 is 29.4 Å². The number of piperazine rings is 1. The van der Waals surface area contributed by atoms with E-state index in [2.05, 4.69) is 20.1 Å². The fraction of sp³-hybridized carbons (Fsp3) is 0.414. The molecule has 0 bridgehead atoms. The summed E-state index contributed by atoms with van der Waals surface area (Å²) in [4.78, 5) is 34.6. The normalized spacial score (nSPS) is 20.7. The summed E-state index contributed by atoms with van der Waals surface area (Å²) >= 11 is 0. The quantitative estimate of drug-likeness (QED) is 0.531. The van der Waals surface area contributed by atoms with Gasteiger partial charge in [0.15, 0.2) is 0 Å². The number of halogens is 4. The number of amides is 2. The molecule has 2 aromatic rings. The number of likely N-dealkylation sites (N-methyl/N-ethyl adjacent to an activating group) is 1. The fourth-order valence-corrected chi connectivity index (χ4v) is 5.20. The van der Waals surface area contributed by atoms with Gasteiger partial charge in [-0.2, -0.15) is 13.2 Å². The summed E-state index contributed by atoms with van der Waals surface area (Å²) in [6.07, 6.45) is -3.83. The Kier molecular flexibility index (Phi) is 8.52. The van der Waals surface area contributed by atoms with E-state index in [9.17, 15) is 22.8 Å². The lowest BCUT2D eigenvalue weighted by Gasteiger charge is -2.35. The summed E-state index contributed by atoms with van der Waals surface area (Å²) in [5.41, 5.74) is 1.27. The first kappa shape index (κ1) is 28.9. The van der Waals surface area contributed by atoms with Crippen LogP contribution in [0.4, 0.5) is 28.9 Å². The number of hydrogen-bond donors (Lipinski definition) is 1. The van der Waals surface area contributed by atoms with Crippen molar-refractivity contribution < 1.29 is 31.9 Å². The maximum atomic E-state index is 15.1. The number of dihydropyridines is 1. The lowest BCUT2D eigenvalue weighted by Crippen LogP contribution is -2.44. The van der Waals surface area contributed by atoms with E-state index in [-0.39, 0.29) is 5.69 Å². The standard InChI is InChI=1S/C29H31F4N5O3/c1-36-6-8-38(9-7-36)26-5-3-20(21-14-19(2-4-24(21)30)18-37-10-12-41-13-11-37)15-25(26)35-28(40)22-17-34-27(39)16-23(22)29(31,32)33/h2-5,14-17,22H,6-13,18H2,1H3,(H,35,40). The first-order valence-corrected chi connectivity index (χ1v) is 13.4. The Morgan fingerprint density at radius 1 is 1.05 bits per heavy atom. The van der Waals surface area contributed by atoms with E-state index in [0.29, 0.717) is 62.0 Å². The van der Waals surface area contributed by atoms with Crippen LogP contribution in [0.2, 0.25) is 0 Å². The molecule has 218 valence electrons. The van der Waals surface area contributed by atoms with Gasteiger partial charge in [-0.15, -0.1) is 0 Å². The molecule has 0 spiro atoms. The number of benzene rings is 2. The van der Waals surface area contributed by atoms with Crippen LogP contribution in [0, 0.1) is 11.7 Å². The maximum absolute atomic E-state index is 15.1. The monoisotopic (exact) mass is 573 g/mol. The van der Waals surface area contributed by atoms with Gasteiger partial charge in [0, 0.05) is 63.7 Å². The zero-order valence-electron chi connectivity index (χ0n) is 22.6. The first-order valence-electron chi connectivity index (χ1n) is 13.4. The molecule has 2 amide bonds. The molecule has 2 aromatic carbocycles. The molecule has 12 heteroatoms. The van der Waals surface area contributed by atoms with Crippen LogP contribution in [-0.4, -0.2) is 93.5 Å². The zero-order valence-corrected chi connectivity index (χ0v) is 22.6. The van der Waals surface area contributed by atoms with Crippen LogP contribution in [0.1, 0.15) is 5.56 Å². The summed E-state index contributed by atoms with van der Waals surface area (Å²) < 4.78 is 61.6. The van der Waals surface area contributed by atoms with Crippen LogP contribution < -0.4 is 10.2 Å². The number of ether oxygens (including phenoxy) is 1. The molecule has 0 radical (unpaired) electrons. The van der Waals surface area contributed by atoms with Gasteiger partial charge in [0.05, 0.1) is 30.2 Å². The van der Waals surface area contributed by atoms with Crippen LogP contribution in [0.5, 0.6) is 0 Å². The van der Waals surface area contributed by atoms with E-state index >= 15 is 4.39 Å². The van der Waals surface area contributed by atoms with Gasteiger partial charge in [0.25, 0.3) is 5.91 Å². The van der Waals surface area contributed by atoms with Crippen LogP contribution in [-0.2, 0) is 20.9 Å². The Labute approximate surface area is 235 Å². The van der Waals surface area contributed by atoms with Crippen molar-refractivity contribution in [2.24, 2.45) is 10.9 Å². The average molecular weight is 574 g/mol. The number of hydrogen-bond acceptors (Lipinski definition) is 6. The van der Waals surface area contributed by atoms with Gasteiger partial charge in [-0.1, -0.05) is 12.1 Å². The third-order valence-corrected chi connectivity index (χ3v) is 7.52. The zero-order chi connectivity index (χ0) is 29.1. The molecule has 2 fully saturated rings. The molecule has 41 heavy (non-hydrogen) atoms. The minimum atomic E-state index is -4.89. The van der Waals surface area contributed by atoms with Gasteiger partial charge in [-0.05, 0) is 42.4 Å². The number of nitrogens with zero attached hydrogens (tertiary/aromatic N) is 4. The lowest BCUT2D eigenvalue weighted by atomic mass is 9.95. The van der Waals surface area contributed by atoms with Gasteiger partial charge in [-0.3, -0.25) is 14.5 Å². The van der Waals surface area contributed by atoms with Crippen molar-refractivity contribution in [2.75, 3.05) is 69.7 Å². The van der Waals surface area contributed by atoms with E-state index < -0.39 is 35.3 Å². The summed E-state index contributed by atoms with van der Waals surface area (Å²) in [5.74, 6) is -4.32. The summed E-state index contributed by atoms with van der Waals surface area (Å²) in [6, 6.07) is 9.97. The predicted molar refractivity (Wildman–Crippen MR) is 147 cm³/mol. The number of anilines is 2. The predicted octanol–water partition coefficient (Wildman–Crippen LogP) is 3.73. The Bertz CT molecular complexity index is 1360. The third-order valence-electron chi connectivity index (χ3n) is 7.52. The van der Waals surface area contributed by atoms with Crippen LogP contribution in [0.25, 0.3) is 11.1 Å². The van der Waals surface area contributed by atoms with Gasteiger partial charge in [0.1, 0.15) is 11.7 Å². The maximum Gasteiger partial charge on any atom is 0.414 e. The van der Waals surface area contributed by atoms with E-state index in [1.807, 2.05) is 11.9 Å². The minimum Gasteiger partial charge on any atom is -0.379 e. The summed E-state index contributed by atoms with van der Waals surface area (Å²) in [6.45, 7) is 6.21. The molecular weight excluding hydrogens is 542 g/mol. The highest BCUT2D eigenvalue weighted by atomic mass is 19.4. The number of nitrogens with one attached hydrogen (secondary N) is 1. The number of carbonyl (C=O) groups excluding carboxylic acids is 2. The molecule has 1 atom stereocenters. The number of morpholine rings is 1. The van der Waals surface area contributed by atoms with Gasteiger partial charge in [-0.25, -0.2) is 9.38 Å². The Morgan fingerprint density at radius 3 is 2.49 bits per heavy atom. The molecule has 0 aromatic heterocycles. The Morgan fingerprint density at radius 2 is 1.78 bits per heavy atom. The summed E-state index contributed by atoms with van der Waals surface area (Å²) in [7, 11) is 1.99. The number of alkyl halides is 3. The Balaban J connectivity index is 1.48. The van der Waals surface area contributed by atoms with Crippen molar-refractivity contribution in [3.05, 3.63) is 59.4 Å². The van der Waals surface area contributed by atoms with Gasteiger partial charge >= 0.3 is 6.18 Å². The van der Waals surface area contributed by atoms with Crippen LogP contribution in [0.3, 0.4) is 0 Å². The summed E-state index contributed by atoms with van der Waals surface area (Å²) in [5, 5.41) is 2.63. The Hall–Kier alpha value is -3.61. The molecule has 1 N–H and O–H groups in total. The van der Waals surface area contributed by atoms with Crippen LogP contribution in [0.15, 0.2) is 53.0 Å². The molecule has 0 aliphatic carbocycles. The molecule has 3 heterocycles. The van der Waals surface area contributed by atoms with Crippen LogP contribution >= 0.6 is 0 Å². The highest BCUT2D eigenvalue weighted by molar-refractivity contribution is 6.11. The van der Waals surface area contributed by atoms with E-state index in [0.717, 1.165) is 31.7 Å². The largest absolute Gasteiger partial charge is 0.414 e. The number of rotatable bonds is 6.